The first-order chi connectivity index (χ1) is 9.00. The standard InChI is InChI=1S/C13H13O5P/c1-17-19(15,16)18-13-8-4-11(5-9-13)10-2-6-12(14)7-3-10/h2-9,14H,1H3,(H,15,16). The first kappa shape index (κ1) is 13.6. The van der Waals surface area contributed by atoms with Gasteiger partial charge in [-0.2, -0.15) is 0 Å². The lowest BCUT2D eigenvalue weighted by Gasteiger charge is -2.10. The maximum absolute atomic E-state index is 11.2. The molecule has 0 radical (unpaired) electrons. The summed E-state index contributed by atoms with van der Waals surface area (Å²) in [6, 6.07) is 13.4. The lowest BCUT2D eigenvalue weighted by Crippen LogP contribution is -1.93. The molecule has 100 valence electrons. The van der Waals surface area contributed by atoms with Crippen LogP contribution >= 0.6 is 7.82 Å². The molecule has 0 saturated carbocycles. The van der Waals surface area contributed by atoms with Crippen LogP contribution in [0.2, 0.25) is 0 Å². The number of rotatable bonds is 4. The van der Waals surface area contributed by atoms with E-state index in [4.69, 9.17) is 4.52 Å². The maximum atomic E-state index is 11.2. The van der Waals surface area contributed by atoms with Crippen LogP contribution in [0.15, 0.2) is 48.5 Å². The predicted molar refractivity (Wildman–Crippen MR) is 71.0 cm³/mol. The van der Waals surface area contributed by atoms with Gasteiger partial charge in [-0.05, 0) is 35.4 Å². The number of aromatic hydroxyl groups is 1. The molecule has 2 N–H and O–H groups in total. The summed E-state index contributed by atoms with van der Waals surface area (Å²) < 4.78 is 20.4. The van der Waals surface area contributed by atoms with Crippen molar-refractivity contribution >= 4 is 7.82 Å². The van der Waals surface area contributed by atoms with Crippen molar-refractivity contribution in [2.75, 3.05) is 7.11 Å². The molecule has 1 atom stereocenters. The van der Waals surface area contributed by atoms with Crippen LogP contribution in [0.1, 0.15) is 0 Å². The Balaban J connectivity index is 2.19. The Hall–Kier alpha value is -1.81. The minimum absolute atomic E-state index is 0.199. The largest absolute Gasteiger partial charge is 0.527 e. The van der Waals surface area contributed by atoms with Gasteiger partial charge in [0.1, 0.15) is 11.5 Å². The van der Waals surface area contributed by atoms with E-state index in [9.17, 15) is 14.6 Å². The Morgan fingerprint density at radius 2 is 1.42 bits per heavy atom. The molecule has 2 aromatic rings. The van der Waals surface area contributed by atoms with Gasteiger partial charge in [-0.3, -0.25) is 9.42 Å². The van der Waals surface area contributed by atoms with Gasteiger partial charge < -0.3 is 9.63 Å². The first-order valence-electron chi connectivity index (χ1n) is 5.48. The third-order valence-electron chi connectivity index (χ3n) is 2.51. The molecule has 19 heavy (non-hydrogen) atoms. The Bertz CT molecular complexity index is 591. The molecule has 0 saturated heterocycles. The lowest BCUT2D eigenvalue weighted by molar-refractivity contribution is 0.243. The third kappa shape index (κ3) is 3.58. The highest BCUT2D eigenvalue weighted by Gasteiger charge is 2.19. The van der Waals surface area contributed by atoms with Crippen LogP contribution in [-0.2, 0) is 9.09 Å². The average Bonchev–Trinajstić information content (AvgIpc) is 2.40. The number of hydrogen-bond acceptors (Lipinski definition) is 4. The Morgan fingerprint density at radius 1 is 0.947 bits per heavy atom. The van der Waals surface area contributed by atoms with Gasteiger partial charge in [0.05, 0.1) is 0 Å². The van der Waals surface area contributed by atoms with Crippen LogP contribution in [0.4, 0.5) is 0 Å². The zero-order chi connectivity index (χ0) is 13.9. The number of phosphoric ester groups is 1. The van der Waals surface area contributed by atoms with E-state index < -0.39 is 7.82 Å². The van der Waals surface area contributed by atoms with E-state index in [1.807, 2.05) is 0 Å². The van der Waals surface area contributed by atoms with E-state index in [0.29, 0.717) is 0 Å². The smallest absolute Gasteiger partial charge is 0.508 e. The molecule has 1 unspecified atom stereocenters. The molecule has 0 heterocycles. The number of phenols is 1. The van der Waals surface area contributed by atoms with E-state index in [1.54, 1.807) is 48.5 Å². The molecule has 5 nitrogen and oxygen atoms in total. The molecule has 2 rings (SSSR count). The van der Waals surface area contributed by atoms with Crippen LogP contribution < -0.4 is 4.52 Å². The number of hydrogen-bond donors (Lipinski definition) is 2. The van der Waals surface area contributed by atoms with Crippen molar-refractivity contribution in [1.82, 2.24) is 0 Å². The number of benzene rings is 2. The Kier molecular flexibility index (Phi) is 3.90. The summed E-state index contributed by atoms with van der Waals surface area (Å²) in [6.45, 7) is 0. The van der Waals surface area contributed by atoms with Gasteiger partial charge in [0.15, 0.2) is 0 Å². The second kappa shape index (κ2) is 5.45. The van der Waals surface area contributed by atoms with E-state index in [1.165, 1.54) is 0 Å². The molecule has 0 amide bonds. The molecular weight excluding hydrogens is 267 g/mol. The van der Waals surface area contributed by atoms with Crippen molar-refractivity contribution in [3.8, 4) is 22.6 Å². The summed E-state index contributed by atoms with van der Waals surface area (Å²) in [5.41, 5.74) is 1.82. The zero-order valence-electron chi connectivity index (χ0n) is 10.2. The fourth-order valence-corrected chi connectivity index (χ4v) is 2.00. The van der Waals surface area contributed by atoms with Crippen LogP contribution in [0.5, 0.6) is 11.5 Å². The predicted octanol–water partition coefficient (Wildman–Crippen LogP) is 3.18. The second-order valence-electron chi connectivity index (χ2n) is 3.81. The fraction of sp³-hybridized carbons (Fsp3) is 0.0769. The van der Waals surface area contributed by atoms with Crippen molar-refractivity contribution in [3.63, 3.8) is 0 Å². The quantitative estimate of drug-likeness (QED) is 0.841. The lowest BCUT2D eigenvalue weighted by atomic mass is 10.1. The molecule has 6 heteroatoms. The summed E-state index contributed by atoms with van der Waals surface area (Å²) in [7, 11) is -2.92. The molecular formula is C13H13O5P. The second-order valence-corrected chi connectivity index (χ2v) is 5.30. The third-order valence-corrected chi connectivity index (χ3v) is 3.41. The molecule has 0 bridgehead atoms. The van der Waals surface area contributed by atoms with Crippen LogP contribution in [0.3, 0.4) is 0 Å². The van der Waals surface area contributed by atoms with Crippen molar-refractivity contribution in [2.24, 2.45) is 0 Å². The summed E-state index contributed by atoms with van der Waals surface area (Å²) in [5, 5.41) is 9.21. The van der Waals surface area contributed by atoms with Gasteiger partial charge in [-0.1, -0.05) is 24.3 Å². The van der Waals surface area contributed by atoms with E-state index >= 15 is 0 Å². The van der Waals surface area contributed by atoms with Gasteiger partial charge in [-0.15, -0.1) is 0 Å². The molecule has 0 spiro atoms. The minimum atomic E-state index is -4.02. The molecule has 0 aliphatic rings. The van der Waals surface area contributed by atoms with Gasteiger partial charge in [0, 0.05) is 7.11 Å². The van der Waals surface area contributed by atoms with E-state index in [-0.39, 0.29) is 11.5 Å². The van der Waals surface area contributed by atoms with Crippen molar-refractivity contribution in [1.29, 1.82) is 0 Å². The Labute approximate surface area is 110 Å². The summed E-state index contributed by atoms with van der Waals surface area (Å²) in [4.78, 5) is 9.18. The van der Waals surface area contributed by atoms with Crippen LogP contribution in [0.25, 0.3) is 11.1 Å². The molecule has 0 aliphatic carbocycles. The Morgan fingerprint density at radius 3 is 1.89 bits per heavy atom. The molecule has 0 aromatic heterocycles. The van der Waals surface area contributed by atoms with Crippen molar-refractivity contribution in [3.05, 3.63) is 48.5 Å². The number of phosphoric acid groups is 1. The van der Waals surface area contributed by atoms with Crippen molar-refractivity contribution < 1.29 is 23.6 Å². The van der Waals surface area contributed by atoms with Crippen LogP contribution in [-0.4, -0.2) is 17.1 Å². The van der Waals surface area contributed by atoms with Crippen molar-refractivity contribution in [2.45, 2.75) is 0 Å². The van der Waals surface area contributed by atoms with E-state index in [2.05, 4.69) is 4.52 Å². The van der Waals surface area contributed by atoms with Gasteiger partial charge in [0.2, 0.25) is 0 Å². The first-order valence-corrected chi connectivity index (χ1v) is 6.97. The summed E-state index contributed by atoms with van der Waals surface area (Å²) in [5.74, 6) is 0.445. The molecule has 2 aromatic carbocycles. The average molecular weight is 280 g/mol. The maximum Gasteiger partial charge on any atom is 0.527 e. The molecule has 0 fully saturated rings. The summed E-state index contributed by atoms with van der Waals surface area (Å²) >= 11 is 0. The van der Waals surface area contributed by atoms with E-state index in [0.717, 1.165) is 18.2 Å². The topological polar surface area (TPSA) is 76.0 Å². The van der Waals surface area contributed by atoms with Crippen LogP contribution in [0, 0.1) is 0 Å². The van der Waals surface area contributed by atoms with Gasteiger partial charge in [-0.25, -0.2) is 4.57 Å². The van der Waals surface area contributed by atoms with Gasteiger partial charge in [0.25, 0.3) is 0 Å². The fourth-order valence-electron chi connectivity index (χ4n) is 1.53. The monoisotopic (exact) mass is 280 g/mol. The highest BCUT2D eigenvalue weighted by molar-refractivity contribution is 7.47. The minimum Gasteiger partial charge on any atom is -0.508 e. The molecule has 0 aliphatic heterocycles. The normalized spacial score (nSPS) is 13.8. The SMILES string of the molecule is COP(=O)(O)Oc1ccc(-c2ccc(O)cc2)cc1. The zero-order valence-corrected chi connectivity index (χ0v) is 11.1. The summed E-state index contributed by atoms with van der Waals surface area (Å²) in [6.07, 6.45) is 0. The number of phenolic OH excluding ortho intramolecular Hbond substituents is 1. The van der Waals surface area contributed by atoms with Gasteiger partial charge >= 0.3 is 7.82 Å². The highest BCUT2D eigenvalue weighted by Crippen LogP contribution is 2.42. The highest BCUT2D eigenvalue weighted by atomic mass is 31.2.